The predicted molar refractivity (Wildman–Crippen MR) is 71.4 cm³/mol. The van der Waals surface area contributed by atoms with Crippen LogP contribution in [0.15, 0.2) is 22.7 Å². The Labute approximate surface area is 106 Å². The van der Waals surface area contributed by atoms with Crippen molar-refractivity contribution in [3.05, 3.63) is 33.8 Å². The van der Waals surface area contributed by atoms with Gasteiger partial charge < -0.3 is 5.32 Å². The van der Waals surface area contributed by atoms with Gasteiger partial charge in [0.15, 0.2) is 0 Å². The molecule has 0 aromatic heterocycles. The van der Waals surface area contributed by atoms with E-state index in [2.05, 4.69) is 44.3 Å². The van der Waals surface area contributed by atoms with Crippen molar-refractivity contribution in [3.8, 4) is 0 Å². The van der Waals surface area contributed by atoms with Gasteiger partial charge in [0, 0.05) is 17.6 Å². The van der Waals surface area contributed by atoms with Crippen LogP contribution in [0.25, 0.3) is 0 Å². The fourth-order valence-corrected chi connectivity index (χ4v) is 2.77. The molecule has 1 aliphatic rings. The molecule has 0 radical (unpaired) electrons. The molecule has 1 fully saturated rings. The first-order valence-electron chi connectivity index (χ1n) is 5.94. The fourth-order valence-electron chi connectivity index (χ4n) is 2.21. The van der Waals surface area contributed by atoms with E-state index >= 15 is 0 Å². The van der Waals surface area contributed by atoms with Crippen LogP contribution in [0.3, 0.4) is 0 Å². The topological polar surface area (TPSA) is 15.3 Å². The lowest BCUT2D eigenvalue weighted by Gasteiger charge is -2.16. The van der Waals surface area contributed by atoms with E-state index in [0.717, 1.165) is 13.1 Å². The third-order valence-electron chi connectivity index (χ3n) is 3.09. The van der Waals surface area contributed by atoms with Gasteiger partial charge in [-0.3, -0.25) is 4.90 Å². The summed E-state index contributed by atoms with van der Waals surface area (Å²) in [4.78, 5) is 2.53. The van der Waals surface area contributed by atoms with Gasteiger partial charge >= 0.3 is 0 Å². The van der Waals surface area contributed by atoms with Gasteiger partial charge in [0.05, 0.1) is 0 Å². The summed E-state index contributed by atoms with van der Waals surface area (Å²) < 4.78 is 1.24. The molecule has 2 rings (SSSR count). The first kappa shape index (κ1) is 12.1. The highest BCUT2D eigenvalue weighted by Crippen LogP contribution is 2.22. The first-order valence-corrected chi connectivity index (χ1v) is 6.73. The van der Waals surface area contributed by atoms with Crippen LogP contribution in [0, 0.1) is 0 Å². The zero-order valence-corrected chi connectivity index (χ0v) is 11.4. The first-order chi connectivity index (χ1) is 7.79. The molecule has 0 amide bonds. The van der Waals surface area contributed by atoms with Crippen molar-refractivity contribution >= 4 is 15.9 Å². The maximum atomic E-state index is 3.67. The second kappa shape index (κ2) is 5.80. The molecular formula is C13H19BrN2. The standard InChI is InChI=1S/C13H19BrN2/c1-15-9-11-4-5-12(13(14)8-11)10-16-6-2-3-7-16/h4-5,8,15H,2-3,6-7,9-10H2,1H3. The van der Waals surface area contributed by atoms with Crippen LogP contribution in [0.4, 0.5) is 0 Å². The minimum absolute atomic E-state index is 0.933. The second-order valence-corrected chi connectivity index (χ2v) is 5.29. The third kappa shape index (κ3) is 3.06. The molecule has 88 valence electrons. The molecule has 1 N–H and O–H groups in total. The maximum absolute atomic E-state index is 3.67. The molecule has 1 saturated heterocycles. The molecular weight excluding hydrogens is 264 g/mol. The Morgan fingerprint density at radius 1 is 1.31 bits per heavy atom. The summed E-state index contributed by atoms with van der Waals surface area (Å²) in [7, 11) is 1.98. The summed E-state index contributed by atoms with van der Waals surface area (Å²) in [6.45, 7) is 4.53. The van der Waals surface area contributed by atoms with Gasteiger partial charge in [0.25, 0.3) is 0 Å². The summed E-state index contributed by atoms with van der Waals surface area (Å²) in [5.74, 6) is 0. The molecule has 0 aliphatic carbocycles. The number of hydrogen-bond donors (Lipinski definition) is 1. The van der Waals surface area contributed by atoms with E-state index in [0.29, 0.717) is 0 Å². The number of nitrogens with one attached hydrogen (secondary N) is 1. The Kier molecular flexibility index (Phi) is 4.38. The Bertz CT molecular complexity index is 346. The van der Waals surface area contributed by atoms with Crippen LogP contribution in [-0.4, -0.2) is 25.0 Å². The number of benzene rings is 1. The summed E-state index contributed by atoms with van der Waals surface area (Å²) in [5, 5.41) is 3.17. The summed E-state index contributed by atoms with van der Waals surface area (Å²) >= 11 is 3.67. The molecule has 1 aliphatic heterocycles. The molecule has 1 aromatic rings. The lowest BCUT2D eigenvalue weighted by Crippen LogP contribution is -2.18. The zero-order valence-electron chi connectivity index (χ0n) is 9.80. The highest BCUT2D eigenvalue weighted by Gasteiger charge is 2.13. The van der Waals surface area contributed by atoms with Crippen molar-refractivity contribution in [3.63, 3.8) is 0 Å². The van der Waals surface area contributed by atoms with Gasteiger partial charge in [-0.25, -0.2) is 0 Å². The molecule has 1 heterocycles. The van der Waals surface area contributed by atoms with Crippen molar-refractivity contribution in [2.45, 2.75) is 25.9 Å². The van der Waals surface area contributed by atoms with Crippen molar-refractivity contribution in [2.24, 2.45) is 0 Å². The van der Waals surface area contributed by atoms with Gasteiger partial charge in [-0.1, -0.05) is 28.1 Å². The average Bonchev–Trinajstić information content (AvgIpc) is 2.75. The van der Waals surface area contributed by atoms with Crippen molar-refractivity contribution in [1.82, 2.24) is 10.2 Å². The van der Waals surface area contributed by atoms with E-state index in [1.54, 1.807) is 0 Å². The van der Waals surface area contributed by atoms with Crippen LogP contribution >= 0.6 is 15.9 Å². The van der Waals surface area contributed by atoms with Crippen LogP contribution < -0.4 is 5.32 Å². The van der Waals surface area contributed by atoms with Gasteiger partial charge in [0.2, 0.25) is 0 Å². The number of likely N-dealkylation sites (tertiary alicyclic amines) is 1. The van der Waals surface area contributed by atoms with E-state index in [-0.39, 0.29) is 0 Å². The van der Waals surface area contributed by atoms with Crippen LogP contribution in [0.5, 0.6) is 0 Å². The zero-order chi connectivity index (χ0) is 11.4. The van der Waals surface area contributed by atoms with E-state index in [4.69, 9.17) is 0 Å². The minimum Gasteiger partial charge on any atom is -0.316 e. The molecule has 16 heavy (non-hydrogen) atoms. The van der Waals surface area contributed by atoms with Crippen LogP contribution in [0.1, 0.15) is 24.0 Å². The predicted octanol–water partition coefficient (Wildman–Crippen LogP) is 2.76. The van der Waals surface area contributed by atoms with Crippen molar-refractivity contribution < 1.29 is 0 Å². The number of nitrogens with zero attached hydrogens (tertiary/aromatic N) is 1. The normalized spacial score (nSPS) is 16.9. The highest BCUT2D eigenvalue weighted by molar-refractivity contribution is 9.10. The Hall–Kier alpha value is -0.380. The lowest BCUT2D eigenvalue weighted by molar-refractivity contribution is 0.331. The Morgan fingerprint density at radius 2 is 2.06 bits per heavy atom. The van der Waals surface area contributed by atoms with Gasteiger partial charge in [-0.05, 0) is 50.2 Å². The number of rotatable bonds is 4. The maximum Gasteiger partial charge on any atom is 0.0244 e. The lowest BCUT2D eigenvalue weighted by atomic mass is 10.1. The second-order valence-electron chi connectivity index (χ2n) is 4.44. The quantitative estimate of drug-likeness (QED) is 0.914. The van der Waals surface area contributed by atoms with Gasteiger partial charge in [-0.2, -0.15) is 0 Å². The molecule has 3 heteroatoms. The van der Waals surface area contributed by atoms with Gasteiger partial charge in [0.1, 0.15) is 0 Å². The SMILES string of the molecule is CNCc1ccc(CN2CCCC2)c(Br)c1. The Morgan fingerprint density at radius 3 is 2.69 bits per heavy atom. The van der Waals surface area contributed by atoms with Gasteiger partial charge in [-0.15, -0.1) is 0 Å². The molecule has 2 nitrogen and oxygen atoms in total. The molecule has 0 saturated carbocycles. The molecule has 0 spiro atoms. The van der Waals surface area contributed by atoms with Crippen molar-refractivity contribution in [1.29, 1.82) is 0 Å². The van der Waals surface area contributed by atoms with E-state index in [9.17, 15) is 0 Å². The smallest absolute Gasteiger partial charge is 0.0244 e. The summed E-state index contributed by atoms with van der Waals surface area (Å²) in [5.41, 5.74) is 2.74. The molecule has 0 unspecified atom stereocenters. The minimum atomic E-state index is 0.933. The third-order valence-corrected chi connectivity index (χ3v) is 3.83. The van der Waals surface area contributed by atoms with Crippen LogP contribution in [0.2, 0.25) is 0 Å². The molecule has 0 bridgehead atoms. The van der Waals surface area contributed by atoms with Crippen LogP contribution in [-0.2, 0) is 13.1 Å². The van der Waals surface area contributed by atoms with E-state index < -0.39 is 0 Å². The van der Waals surface area contributed by atoms with E-state index in [1.807, 2.05) is 7.05 Å². The monoisotopic (exact) mass is 282 g/mol. The molecule has 0 atom stereocenters. The highest BCUT2D eigenvalue weighted by atomic mass is 79.9. The van der Waals surface area contributed by atoms with E-state index in [1.165, 1.54) is 41.5 Å². The summed E-state index contributed by atoms with van der Waals surface area (Å²) in [6, 6.07) is 6.68. The fraction of sp³-hybridized carbons (Fsp3) is 0.538. The Balaban J connectivity index is 2.03. The average molecular weight is 283 g/mol. The number of halogens is 1. The summed E-state index contributed by atoms with van der Waals surface area (Å²) in [6.07, 6.45) is 2.71. The molecule has 1 aromatic carbocycles. The number of hydrogen-bond acceptors (Lipinski definition) is 2. The van der Waals surface area contributed by atoms with Crippen molar-refractivity contribution in [2.75, 3.05) is 20.1 Å². The largest absolute Gasteiger partial charge is 0.316 e.